The lowest BCUT2D eigenvalue weighted by Crippen LogP contribution is -2.59. The molecule has 0 spiro atoms. The Labute approximate surface area is 228 Å². The van der Waals surface area contributed by atoms with E-state index in [1.54, 1.807) is 0 Å². The molecule has 3 fully saturated rings. The van der Waals surface area contributed by atoms with Gasteiger partial charge in [-0.25, -0.2) is 4.79 Å². The van der Waals surface area contributed by atoms with Gasteiger partial charge in [-0.15, -0.1) is 0 Å². The van der Waals surface area contributed by atoms with Crippen LogP contribution in [0.2, 0.25) is 5.02 Å². The molecule has 1 aromatic rings. The van der Waals surface area contributed by atoms with Crippen LogP contribution < -0.4 is 11.1 Å². The van der Waals surface area contributed by atoms with Gasteiger partial charge in [-0.3, -0.25) is 4.79 Å². The van der Waals surface area contributed by atoms with Crippen molar-refractivity contribution in [1.82, 2.24) is 20.0 Å². The first kappa shape index (κ1) is 28.2. The lowest BCUT2D eigenvalue weighted by molar-refractivity contribution is -0.135. The van der Waals surface area contributed by atoms with Crippen LogP contribution in [0.25, 0.3) is 0 Å². The molecule has 0 radical (unpaired) electrons. The van der Waals surface area contributed by atoms with Gasteiger partial charge in [0, 0.05) is 55.4 Å². The Hall–Kier alpha value is -1.83. The van der Waals surface area contributed by atoms with E-state index in [4.69, 9.17) is 17.3 Å². The Bertz CT molecular complexity index is 873. The Kier molecular flexibility index (Phi) is 10.1. The number of hydrogen-bond acceptors (Lipinski definition) is 4. The number of likely N-dealkylation sites (tertiary alicyclic amines) is 1. The van der Waals surface area contributed by atoms with Gasteiger partial charge in [0.05, 0.1) is 6.04 Å². The zero-order chi connectivity index (χ0) is 26.4. The Morgan fingerprint density at radius 1 is 0.973 bits per heavy atom. The van der Waals surface area contributed by atoms with Crippen LogP contribution >= 0.6 is 11.6 Å². The van der Waals surface area contributed by atoms with Gasteiger partial charge in [0.1, 0.15) is 0 Å². The zero-order valence-corrected chi connectivity index (χ0v) is 23.5. The fourth-order valence-electron chi connectivity index (χ4n) is 6.16. The van der Waals surface area contributed by atoms with Crippen LogP contribution in [-0.2, 0) is 11.2 Å². The molecule has 4 rings (SSSR count). The van der Waals surface area contributed by atoms with Crippen molar-refractivity contribution in [3.8, 4) is 0 Å². The van der Waals surface area contributed by atoms with E-state index in [1.807, 2.05) is 34.1 Å². The first-order valence-corrected chi connectivity index (χ1v) is 14.9. The molecule has 8 heteroatoms. The first-order valence-electron chi connectivity index (χ1n) is 14.5. The summed E-state index contributed by atoms with van der Waals surface area (Å²) in [5.41, 5.74) is 7.24. The van der Waals surface area contributed by atoms with Gasteiger partial charge >= 0.3 is 6.03 Å². The van der Waals surface area contributed by atoms with Crippen LogP contribution in [-0.4, -0.2) is 83.0 Å². The van der Waals surface area contributed by atoms with Crippen molar-refractivity contribution < 1.29 is 9.59 Å². The number of carbonyl (C=O) groups is 2. The van der Waals surface area contributed by atoms with E-state index in [0.29, 0.717) is 36.6 Å². The molecule has 37 heavy (non-hydrogen) atoms. The second-order valence-electron chi connectivity index (χ2n) is 11.2. The van der Waals surface area contributed by atoms with Crippen LogP contribution in [0.5, 0.6) is 0 Å². The zero-order valence-electron chi connectivity index (χ0n) is 22.7. The van der Waals surface area contributed by atoms with Gasteiger partial charge in [-0.05, 0) is 95.8 Å². The molecule has 3 N–H and O–H groups in total. The smallest absolute Gasteiger partial charge is 0.320 e. The highest BCUT2D eigenvalue weighted by Gasteiger charge is 2.39. The van der Waals surface area contributed by atoms with Crippen LogP contribution in [0.1, 0.15) is 77.2 Å². The fourth-order valence-corrected chi connectivity index (χ4v) is 6.29. The van der Waals surface area contributed by atoms with Gasteiger partial charge in [0.2, 0.25) is 5.91 Å². The molecular weight excluding hydrogens is 486 g/mol. The number of nitrogens with one attached hydrogen (secondary N) is 1. The SMILES string of the molecule is CCN(CC)C(=O)N(C1CCC1)C1CCN(C(=O)[C@H](Cc2ccc(Cl)cc2)NC2CCC(N)CC2)CC1. The maximum absolute atomic E-state index is 13.8. The number of rotatable bonds is 9. The third kappa shape index (κ3) is 7.18. The average molecular weight is 532 g/mol. The minimum Gasteiger partial charge on any atom is -0.341 e. The molecule has 206 valence electrons. The van der Waals surface area contributed by atoms with Gasteiger partial charge in [-0.1, -0.05) is 23.7 Å². The maximum Gasteiger partial charge on any atom is 0.320 e. The number of carbonyl (C=O) groups excluding carboxylic acids is 2. The summed E-state index contributed by atoms with van der Waals surface area (Å²) >= 11 is 6.10. The monoisotopic (exact) mass is 531 g/mol. The predicted molar refractivity (Wildman–Crippen MR) is 150 cm³/mol. The second kappa shape index (κ2) is 13.3. The van der Waals surface area contributed by atoms with Crippen molar-refractivity contribution in [1.29, 1.82) is 0 Å². The lowest BCUT2D eigenvalue weighted by Gasteiger charge is -2.47. The van der Waals surface area contributed by atoms with E-state index in [-0.39, 0.29) is 30.1 Å². The molecule has 0 bridgehead atoms. The standard InChI is InChI=1S/C29H46ClN5O2/c1-3-33(4-2)29(37)35(25-6-5-7-25)26-16-18-34(19-17-26)28(36)27(20-21-8-10-22(30)11-9-21)32-24-14-12-23(31)13-15-24/h8-11,23-27,32H,3-7,12-20,31H2,1-2H3/t23?,24?,27-/m0/s1. The number of nitrogens with zero attached hydrogens (tertiary/aromatic N) is 3. The summed E-state index contributed by atoms with van der Waals surface area (Å²) in [5, 5.41) is 4.41. The summed E-state index contributed by atoms with van der Waals surface area (Å²) in [5.74, 6) is 0.175. The first-order chi connectivity index (χ1) is 17.9. The molecule has 1 aliphatic heterocycles. The van der Waals surface area contributed by atoms with Crippen LogP contribution in [0.15, 0.2) is 24.3 Å². The molecule has 7 nitrogen and oxygen atoms in total. The van der Waals surface area contributed by atoms with Gasteiger partial charge in [0.15, 0.2) is 0 Å². The molecule has 2 aliphatic carbocycles. The second-order valence-corrected chi connectivity index (χ2v) is 11.6. The quantitative estimate of drug-likeness (QED) is 0.494. The minimum atomic E-state index is -0.267. The van der Waals surface area contributed by atoms with E-state index in [2.05, 4.69) is 24.1 Å². The highest BCUT2D eigenvalue weighted by molar-refractivity contribution is 6.30. The number of piperidine rings is 1. The van der Waals surface area contributed by atoms with Crippen LogP contribution in [0, 0.1) is 0 Å². The van der Waals surface area contributed by atoms with E-state index in [9.17, 15) is 9.59 Å². The molecule has 1 heterocycles. The summed E-state index contributed by atoms with van der Waals surface area (Å²) < 4.78 is 0. The van der Waals surface area contributed by atoms with E-state index < -0.39 is 0 Å². The highest BCUT2D eigenvalue weighted by atomic mass is 35.5. The molecule has 3 amide bonds. The van der Waals surface area contributed by atoms with E-state index in [0.717, 1.165) is 70.0 Å². The van der Waals surface area contributed by atoms with Crippen molar-refractivity contribution in [2.45, 2.75) is 108 Å². The minimum absolute atomic E-state index is 0.175. The van der Waals surface area contributed by atoms with E-state index in [1.165, 1.54) is 6.42 Å². The van der Waals surface area contributed by atoms with Crippen molar-refractivity contribution >= 4 is 23.5 Å². The van der Waals surface area contributed by atoms with E-state index >= 15 is 0 Å². The summed E-state index contributed by atoms with van der Waals surface area (Å²) in [6.45, 7) is 6.98. The summed E-state index contributed by atoms with van der Waals surface area (Å²) in [4.78, 5) is 33.4. The number of amides is 3. The Balaban J connectivity index is 1.41. The molecule has 0 unspecified atom stereocenters. The number of hydrogen-bond donors (Lipinski definition) is 2. The number of halogens is 1. The third-order valence-electron chi connectivity index (χ3n) is 8.75. The van der Waals surface area contributed by atoms with Crippen LogP contribution in [0.3, 0.4) is 0 Å². The lowest BCUT2D eigenvalue weighted by atomic mass is 9.88. The molecular formula is C29H46ClN5O2. The fraction of sp³-hybridized carbons (Fsp3) is 0.724. The Morgan fingerprint density at radius 2 is 1.57 bits per heavy atom. The van der Waals surface area contributed by atoms with Crippen LogP contribution in [0.4, 0.5) is 4.79 Å². The molecule has 1 aromatic carbocycles. The number of nitrogens with two attached hydrogens (primary N) is 1. The number of benzene rings is 1. The molecule has 2 saturated carbocycles. The molecule has 1 atom stereocenters. The summed E-state index contributed by atoms with van der Waals surface area (Å²) in [6.07, 6.45) is 9.78. The molecule has 1 saturated heterocycles. The largest absolute Gasteiger partial charge is 0.341 e. The third-order valence-corrected chi connectivity index (χ3v) is 9.00. The normalized spacial score (nSPS) is 23.8. The van der Waals surface area contributed by atoms with Crippen molar-refractivity contribution in [2.24, 2.45) is 5.73 Å². The summed E-state index contributed by atoms with van der Waals surface area (Å²) in [7, 11) is 0. The molecule has 0 aromatic heterocycles. The molecule has 3 aliphatic rings. The van der Waals surface area contributed by atoms with Gasteiger partial charge < -0.3 is 25.8 Å². The van der Waals surface area contributed by atoms with Crippen molar-refractivity contribution in [2.75, 3.05) is 26.2 Å². The van der Waals surface area contributed by atoms with Gasteiger partial charge in [-0.2, -0.15) is 0 Å². The summed E-state index contributed by atoms with van der Waals surface area (Å²) in [6, 6.07) is 8.90. The van der Waals surface area contributed by atoms with Crippen molar-refractivity contribution in [3.63, 3.8) is 0 Å². The Morgan fingerprint density at radius 3 is 2.11 bits per heavy atom. The maximum atomic E-state index is 13.8. The van der Waals surface area contributed by atoms with Crippen molar-refractivity contribution in [3.05, 3.63) is 34.9 Å². The average Bonchev–Trinajstić information content (AvgIpc) is 2.88. The topological polar surface area (TPSA) is 81.9 Å². The number of urea groups is 1. The predicted octanol–water partition coefficient (Wildman–Crippen LogP) is 4.42. The van der Waals surface area contributed by atoms with Gasteiger partial charge in [0.25, 0.3) is 0 Å². The highest BCUT2D eigenvalue weighted by Crippen LogP contribution is 2.31.